The van der Waals surface area contributed by atoms with Gasteiger partial charge in [0.15, 0.2) is 5.11 Å². The summed E-state index contributed by atoms with van der Waals surface area (Å²) in [6.45, 7) is 0.907. The Balaban J connectivity index is 1.83. The van der Waals surface area contributed by atoms with Crippen LogP contribution in [0, 0.1) is 0 Å². The van der Waals surface area contributed by atoms with Crippen LogP contribution in [-0.4, -0.2) is 28.6 Å². The molecule has 0 radical (unpaired) electrons. The Labute approximate surface area is 133 Å². The number of anilines is 1. The third-order valence-corrected chi connectivity index (χ3v) is 4.40. The van der Waals surface area contributed by atoms with Crippen LogP contribution in [0.25, 0.3) is 10.6 Å². The molecule has 6 heteroatoms. The van der Waals surface area contributed by atoms with Crippen LogP contribution in [0.1, 0.15) is 6.42 Å². The van der Waals surface area contributed by atoms with Crippen molar-refractivity contribution < 1.29 is 0 Å². The molecular weight excluding hydrogens is 306 g/mol. The first-order chi connectivity index (χ1) is 9.79. The molecule has 3 nitrogen and oxygen atoms in total. The summed E-state index contributed by atoms with van der Waals surface area (Å²) in [5.74, 6) is 1.15. The summed E-state index contributed by atoms with van der Waals surface area (Å²) in [5, 5.41) is 10.1. The largest absolute Gasteiger partial charge is 0.362 e. The van der Waals surface area contributed by atoms with Crippen LogP contribution in [0.2, 0.25) is 0 Å². The van der Waals surface area contributed by atoms with Crippen molar-refractivity contribution in [2.45, 2.75) is 6.42 Å². The molecule has 0 aliphatic carbocycles. The highest BCUT2D eigenvalue weighted by molar-refractivity contribution is 7.98. The summed E-state index contributed by atoms with van der Waals surface area (Å²) < 4.78 is 0. The second-order valence-electron chi connectivity index (χ2n) is 4.14. The minimum atomic E-state index is 0.674. The Morgan fingerprint density at radius 2 is 2.15 bits per heavy atom. The lowest BCUT2D eigenvalue weighted by molar-refractivity contribution is 0.855. The van der Waals surface area contributed by atoms with Gasteiger partial charge < -0.3 is 10.6 Å². The van der Waals surface area contributed by atoms with Crippen molar-refractivity contribution in [3.63, 3.8) is 0 Å². The Bertz CT molecular complexity index is 523. The summed E-state index contributed by atoms with van der Waals surface area (Å²) in [6, 6.07) is 8.15. The number of rotatable bonds is 6. The average Bonchev–Trinajstić information content (AvgIpc) is 2.99. The quantitative estimate of drug-likeness (QED) is 0.624. The molecule has 0 saturated heterocycles. The first kappa shape index (κ1) is 15.3. The Hall–Kier alpha value is -1.11. The lowest BCUT2D eigenvalue weighted by Crippen LogP contribution is -2.29. The van der Waals surface area contributed by atoms with E-state index in [2.05, 4.69) is 34.0 Å². The topological polar surface area (TPSA) is 37.0 Å². The van der Waals surface area contributed by atoms with Crippen LogP contribution in [0.3, 0.4) is 0 Å². The molecule has 1 aromatic carbocycles. The molecule has 0 fully saturated rings. The standard InChI is InChI=1S/C14H17N3S3/c1-19-9-2-7-16-14(18)17-12-5-3-11(4-6-12)13-15-8-10-20-13/h3-6,8,10H,2,7,9H2,1H3,(H2,16,17,18). The van der Waals surface area contributed by atoms with Gasteiger partial charge >= 0.3 is 0 Å². The number of benzene rings is 1. The second-order valence-corrected chi connectivity index (χ2v) is 6.43. The van der Waals surface area contributed by atoms with Gasteiger partial charge in [-0.15, -0.1) is 11.3 Å². The number of hydrogen-bond donors (Lipinski definition) is 2. The van der Waals surface area contributed by atoms with Gasteiger partial charge in [-0.25, -0.2) is 4.98 Å². The van der Waals surface area contributed by atoms with Gasteiger partial charge in [-0.3, -0.25) is 0 Å². The van der Waals surface area contributed by atoms with Crippen LogP contribution in [0.5, 0.6) is 0 Å². The van der Waals surface area contributed by atoms with E-state index in [0.717, 1.165) is 35.0 Å². The molecular formula is C14H17N3S3. The summed E-state index contributed by atoms with van der Waals surface area (Å²) in [7, 11) is 0. The van der Waals surface area contributed by atoms with Crippen molar-refractivity contribution in [3.05, 3.63) is 35.8 Å². The second kappa shape index (κ2) is 8.24. The van der Waals surface area contributed by atoms with E-state index in [9.17, 15) is 0 Å². The number of thiocarbonyl (C=S) groups is 1. The molecule has 0 aliphatic rings. The van der Waals surface area contributed by atoms with Gasteiger partial charge in [0.05, 0.1) is 0 Å². The van der Waals surface area contributed by atoms with E-state index in [1.807, 2.05) is 35.5 Å². The minimum Gasteiger partial charge on any atom is -0.362 e. The fraction of sp³-hybridized carbons (Fsp3) is 0.286. The predicted molar refractivity (Wildman–Crippen MR) is 94.8 cm³/mol. The molecule has 20 heavy (non-hydrogen) atoms. The summed E-state index contributed by atoms with van der Waals surface area (Å²) in [4.78, 5) is 4.29. The lowest BCUT2D eigenvalue weighted by Gasteiger charge is -2.10. The Morgan fingerprint density at radius 3 is 2.80 bits per heavy atom. The van der Waals surface area contributed by atoms with Crippen molar-refractivity contribution in [2.75, 3.05) is 23.9 Å². The van der Waals surface area contributed by atoms with E-state index in [4.69, 9.17) is 12.2 Å². The van der Waals surface area contributed by atoms with Crippen molar-refractivity contribution >= 4 is 46.1 Å². The van der Waals surface area contributed by atoms with Gasteiger partial charge in [0.1, 0.15) is 5.01 Å². The third-order valence-electron chi connectivity index (χ3n) is 2.63. The molecule has 0 amide bonds. The number of hydrogen-bond acceptors (Lipinski definition) is 4. The Kier molecular flexibility index (Phi) is 6.29. The predicted octanol–water partition coefficient (Wildman–Crippen LogP) is 3.85. The molecule has 2 rings (SSSR count). The van der Waals surface area contributed by atoms with Crippen molar-refractivity contribution in [1.82, 2.24) is 10.3 Å². The molecule has 0 saturated carbocycles. The molecule has 2 N–H and O–H groups in total. The third kappa shape index (κ3) is 4.77. The molecule has 1 aromatic heterocycles. The highest BCUT2D eigenvalue weighted by atomic mass is 32.2. The maximum Gasteiger partial charge on any atom is 0.170 e. The van der Waals surface area contributed by atoms with E-state index < -0.39 is 0 Å². The van der Waals surface area contributed by atoms with E-state index >= 15 is 0 Å². The Morgan fingerprint density at radius 1 is 1.35 bits per heavy atom. The molecule has 0 atom stereocenters. The SMILES string of the molecule is CSCCCNC(=S)Nc1ccc(-c2nccs2)cc1. The van der Waals surface area contributed by atoms with Crippen molar-refractivity contribution in [3.8, 4) is 10.6 Å². The van der Waals surface area contributed by atoms with Crippen LogP contribution in [0.15, 0.2) is 35.8 Å². The maximum absolute atomic E-state index is 5.26. The number of aromatic nitrogens is 1. The van der Waals surface area contributed by atoms with Crippen LogP contribution < -0.4 is 10.6 Å². The van der Waals surface area contributed by atoms with Gasteiger partial charge in [-0.2, -0.15) is 11.8 Å². The number of nitrogens with zero attached hydrogens (tertiary/aromatic N) is 1. The van der Waals surface area contributed by atoms with Crippen LogP contribution in [0.4, 0.5) is 5.69 Å². The molecule has 2 aromatic rings. The highest BCUT2D eigenvalue weighted by Crippen LogP contribution is 2.23. The number of thioether (sulfide) groups is 1. The van der Waals surface area contributed by atoms with Crippen LogP contribution in [-0.2, 0) is 0 Å². The molecule has 0 aliphatic heterocycles. The van der Waals surface area contributed by atoms with Gasteiger partial charge in [0, 0.05) is 29.4 Å². The number of thiazole rings is 1. The minimum absolute atomic E-state index is 0.674. The molecule has 0 unspecified atom stereocenters. The van der Waals surface area contributed by atoms with E-state index in [1.165, 1.54) is 0 Å². The monoisotopic (exact) mass is 323 g/mol. The molecule has 106 valence electrons. The molecule has 0 bridgehead atoms. The van der Waals surface area contributed by atoms with Crippen molar-refractivity contribution in [2.24, 2.45) is 0 Å². The van der Waals surface area contributed by atoms with E-state index in [0.29, 0.717) is 5.11 Å². The zero-order valence-electron chi connectivity index (χ0n) is 11.3. The first-order valence-electron chi connectivity index (χ1n) is 6.33. The number of nitrogens with one attached hydrogen (secondary N) is 2. The van der Waals surface area contributed by atoms with Gasteiger partial charge in [0.25, 0.3) is 0 Å². The first-order valence-corrected chi connectivity index (χ1v) is 9.01. The van der Waals surface area contributed by atoms with E-state index in [1.54, 1.807) is 11.3 Å². The summed E-state index contributed by atoms with van der Waals surface area (Å²) in [5.41, 5.74) is 2.12. The normalized spacial score (nSPS) is 10.2. The maximum atomic E-state index is 5.26. The van der Waals surface area contributed by atoms with Gasteiger partial charge in [0.2, 0.25) is 0 Å². The average molecular weight is 324 g/mol. The van der Waals surface area contributed by atoms with E-state index in [-0.39, 0.29) is 0 Å². The summed E-state index contributed by atoms with van der Waals surface area (Å²) in [6.07, 6.45) is 5.05. The fourth-order valence-electron chi connectivity index (χ4n) is 1.66. The van der Waals surface area contributed by atoms with Crippen LogP contribution >= 0.6 is 35.3 Å². The molecule has 1 heterocycles. The molecule has 0 spiro atoms. The highest BCUT2D eigenvalue weighted by Gasteiger charge is 2.01. The van der Waals surface area contributed by atoms with Gasteiger partial charge in [-0.05, 0) is 54.9 Å². The van der Waals surface area contributed by atoms with Crippen molar-refractivity contribution in [1.29, 1.82) is 0 Å². The lowest BCUT2D eigenvalue weighted by atomic mass is 10.2. The fourth-order valence-corrected chi connectivity index (χ4v) is 2.95. The zero-order chi connectivity index (χ0) is 14.2. The van der Waals surface area contributed by atoms with Gasteiger partial charge in [-0.1, -0.05) is 0 Å². The zero-order valence-corrected chi connectivity index (χ0v) is 13.7. The summed E-state index contributed by atoms with van der Waals surface area (Å²) >= 11 is 8.75. The smallest absolute Gasteiger partial charge is 0.170 e.